The lowest BCUT2D eigenvalue weighted by molar-refractivity contribution is -0.136. The van der Waals surface area contributed by atoms with E-state index in [-0.39, 0.29) is 0 Å². The molecule has 0 aliphatic carbocycles. The number of hydrogen-bond acceptors (Lipinski definition) is 3. The van der Waals surface area contributed by atoms with Crippen molar-refractivity contribution in [1.29, 1.82) is 0 Å². The molecule has 0 unspecified atom stereocenters. The molecule has 0 saturated carbocycles. The van der Waals surface area contributed by atoms with Gasteiger partial charge in [-0.25, -0.2) is 5.43 Å². The van der Waals surface area contributed by atoms with Crippen LogP contribution in [-0.4, -0.2) is 18.0 Å². The third-order valence-corrected chi connectivity index (χ3v) is 4.70. The molecule has 6 heteroatoms. The van der Waals surface area contributed by atoms with Crippen molar-refractivity contribution in [2.45, 2.75) is 26.7 Å². The van der Waals surface area contributed by atoms with Crippen molar-refractivity contribution in [3.8, 4) is 0 Å². The molecule has 2 aromatic carbocycles. The molecular weight excluding hydrogens is 453 g/mol. The third-order valence-electron chi connectivity index (χ3n) is 3.76. The van der Waals surface area contributed by atoms with E-state index in [1.807, 2.05) is 37.3 Å². The highest BCUT2D eigenvalue weighted by Crippen LogP contribution is 2.17. The molecule has 2 rings (SSSR count). The van der Waals surface area contributed by atoms with E-state index >= 15 is 0 Å². The summed E-state index contributed by atoms with van der Waals surface area (Å²) in [5, 5.41) is 6.40. The van der Waals surface area contributed by atoms with Gasteiger partial charge in [-0.1, -0.05) is 56.3 Å². The summed E-state index contributed by atoms with van der Waals surface area (Å²) >= 11 is 2.09. The molecular formula is C21H22IN3O2. The van der Waals surface area contributed by atoms with Gasteiger partial charge in [0.1, 0.15) is 0 Å². The summed E-state index contributed by atoms with van der Waals surface area (Å²) in [5.41, 5.74) is 6.01. The maximum atomic E-state index is 11.9. The predicted octanol–water partition coefficient (Wildman–Crippen LogP) is 4.56. The summed E-state index contributed by atoms with van der Waals surface area (Å²) in [7, 11) is 0. The van der Waals surface area contributed by atoms with Crippen LogP contribution in [0.1, 0.15) is 37.8 Å². The Balaban J connectivity index is 1.90. The van der Waals surface area contributed by atoms with Crippen LogP contribution in [-0.2, 0) is 9.59 Å². The van der Waals surface area contributed by atoms with Crippen LogP contribution >= 0.6 is 22.6 Å². The molecule has 0 radical (unpaired) electrons. The number of para-hydroxylation sites is 1. The minimum atomic E-state index is -0.819. The van der Waals surface area contributed by atoms with Gasteiger partial charge in [0.2, 0.25) is 0 Å². The number of allylic oxidation sites excluding steroid dienone is 1. The number of anilines is 1. The molecule has 0 atom stereocenters. The van der Waals surface area contributed by atoms with E-state index in [0.29, 0.717) is 11.6 Å². The van der Waals surface area contributed by atoms with E-state index in [2.05, 4.69) is 64.4 Å². The first-order valence-corrected chi connectivity index (χ1v) is 9.62. The average Bonchev–Trinajstić information content (AvgIpc) is 2.63. The molecule has 0 bridgehead atoms. The maximum Gasteiger partial charge on any atom is 0.329 e. The van der Waals surface area contributed by atoms with Gasteiger partial charge in [-0.05, 0) is 64.3 Å². The quantitative estimate of drug-likeness (QED) is 0.288. The Labute approximate surface area is 173 Å². The smallest absolute Gasteiger partial charge is 0.317 e. The van der Waals surface area contributed by atoms with Crippen LogP contribution in [0.15, 0.2) is 59.2 Å². The van der Waals surface area contributed by atoms with E-state index < -0.39 is 11.8 Å². The fourth-order valence-electron chi connectivity index (χ4n) is 2.26. The summed E-state index contributed by atoms with van der Waals surface area (Å²) in [6.45, 7) is 6.18. The van der Waals surface area contributed by atoms with Crippen LogP contribution < -0.4 is 10.7 Å². The molecule has 0 aliphatic rings. The first kappa shape index (κ1) is 20.8. The zero-order valence-electron chi connectivity index (χ0n) is 15.5. The minimum absolute atomic E-state index is 0.492. The fraction of sp³-hybridized carbons (Fsp3) is 0.190. The lowest BCUT2D eigenvalue weighted by Gasteiger charge is -2.06. The molecule has 0 aliphatic heterocycles. The number of hydrazone groups is 1. The van der Waals surface area contributed by atoms with Crippen molar-refractivity contribution in [3.63, 3.8) is 0 Å². The van der Waals surface area contributed by atoms with E-state index in [9.17, 15) is 9.59 Å². The van der Waals surface area contributed by atoms with Gasteiger partial charge >= 0.3 is 11.8 Å². The lowest BCUT2D eigenvalue weighted by atomic mass is 10.0. The number of halogens is 1. The molecule has 2 amide bonds. The van der Waals surface area contributed by atoms with E-state index in [1.54, 1.807) is 12.1 Å². The Morgan fingerprint density at radius 2 is 1.70 bits per heavy atom. The average molecular weight is 475 g/mol. The van der Waals surface area contributed by atoms with Gasteiger partial charge in [0.05, 0.1) is 11.9 Å². The summed E-state index contributed by atoms with van der Waals surface area (Å²) < 4.78 is 0.849. The molecule has 5 nitrogen and oxygen atoms in total. The van der Waals surface area contributed by atoms with Crippen molar-refractivity contribution >= 4 is 52.4 Å². The van der Waals surface area contributed by atoms with E-state index in [4.69, 9.17) is 0 Å². The molecule has 0 saturated heterocycles. The topological polar surface area (TPSA) is 70.6 Å². The van der Waals surface area contributed by atoms with Crippen LogP contribution in [0, 0.1) is 3.57 Å². The summed E-state index contributed by atoms with van der Waals surface area (Å²) in [4.78, 5) is 23.7. The highest BCUT2D eigenvalue weighted by Gasteiger charge is 2.13. The second-order valence-corrected chi connectivity index (χ2v) is 7.51. The number of amides is 2. The van der Waals surface area contributed by atoms with E-state index in [1.165, 1.54) is 11.8 Å². The van der Waals surface area contributed by atoms with Gasteiger partial charge in [-0.15, -0.1) is 0 Å². The largest absolute Gasteiger partial charge is 0.329 e. The Morgan fingerprint density at radius 1 is 1.04 bits per heavy atom. The maximum absolute atomic E-state index is 11.9. The van der Waals surface area contributed by atoms with Crippen molar-refractivity contribution in [3.05, 3.63) is 68.8 Å². The molecule has 0 heterocycles. The van der Waals surface area contributed by atoms with Gasteiger partial charge in [-0.3, -0.25) is 9.59 Å². The standard InChI is InChI=1S/C21H22IN3O2/c1-14(2)17-10-8-16(9-11-17)12-15(3)13-23-25-21(27)20(26)24-19-7-5-4-6-18(19)22/h4-14H,1-3H3,(H,24,26)(H,25,27)/b15-12-,23-13-. The van der Waals surface area contributed by atoms with Crippen LogP contribution in [0.5, 0.6) is 0 Å². The van der Waals surface area contributed by atoms with Crippen molar-refractivity contribution in [2.75, 3.05) is 5.32 Å². The zero-order chi connectivity index (χ0) is 19.8. The van der Waals surface area contributed by atoms with Gasteiger partial charge < -0.3 is 5.32 Å². The number of carbonyl (C=O) groups excluding carboxylic acids is 2. The summed E-state index contributed by atoms with van der Waals surface area (Å²) in [6.07, 6.45) is 3.46. The van der Waals surface area contributed by atoms with Crippen LogP contribution in [0.2, 0.25) is 0 Å². The zero-order valence-corrected chi connectivity index (χ0v) is 17.7. The molecule has 0 fully saturated rings. The van der Waals surface area contributed by atoms with Crippen molar-refractivity contribution < 1.29 is 9.59 Å². The lowest BCUT2D eigenvalue weighted by Crippen LogP contribution is -2.32. The molecule has 2 N–H and O–H groups in total. The number of carbonyl (C=O) groups is 2. The third kappa shape index (κ3) is 6.63. The van der Waals surface area contributed by atoms with Gasteiger partial charge in [0.15, 0.2) is 0 Å². The Kier molecular flexibility index (Phi) is 7.72. The normalized spacial score (nSPS) is 11.7. The number of nitrogens with one attached hydrogen (secondary N) is 2. The SMILES string of the molecule is CC(/C=N\NC(=O)C(=O)Nc1ccccc1I)=C/c1ccc(C(C)C)cc1. The van der Waals surface area contributed by atoms with Crippen molar-refractivity contribution in [2.24, 2.45) is 5.10 Å². The van der Waals surface area contributed by atoms with Gasteiger partial charge in [0, 0.05) is 3.57 Å². The highest BCUT2D eigenvalue weighted by molar-refractivity contribution is 14.1. The summed E-state index contributed by atoms with van der Waals surface area (Å²) in [5.74, 6) is -1.09. The number of benzene rings is 2. The van der Waals surface area contributed by atoms with E-state index in [0.717, 1.165) is 14.7 Å². The Hall–Kier alpha value is -2.48. The fourth-order valence-corrected chi connectivity index (χ4v) is 2.78. The van der Waals surface area contributed by atoms with Gasteiger partial charge in [0.25, 0.3) is 0 Å². The predicted molar refractivity (Wildman–Crippen MR) is 119 cm³/mol. The highest BCUT2D eigenvalue weighted by atomic mass is 127. The number of nitrogens with zero attached hydrogens (tertiary/aromatic N) is 1. The molecule has 0 spiro atoms. The first-order chi connectivity index (χ1) is 12.9. The second kappa shape index (κ2) is 10.0. The molecule has 2 aromatic rings. The molecule has 0 aromatic heterocycles. The molecule has 140 valence electrons. The van der Waals surface area contributed by atoms with Crippen molar-refractivity contribution in [1.82, 2.24) is 5.43 Å². The van der Waals surface area contributed by atoms with Crippen LogP contribution in [0.4, 0.5) is 5.69 Å². The minimum Gasteiger partial charge on any atom is -0.317 e. The number of hydrogen-bond donors (Lipinski definition) is 2. The monoisotopic (exact) mass is 475 g/mol. The number of rotatable bonds is 5. The first-order valence-electron chi connectivity index (χ1n) is 8.54. The Bertz CT molecular complexity index is 871. The van der Waals surface area contributed by atoms with Gasteiger partial charge in [-0.2, -0.15) is 5.10 Å². The molecule has 27 heavy (non-hydrogen) atoms. The second-order valence-electron chi connectivity index (χ2n) is 6.34. The Morgan fingerprint density at radius 3 is 2.33 bits per heavy atom. The van der Waals surface area contributed by atoms with Crippen LogP contribution in [0.25, 0.3) is 6.08 Å². The van der Waals surface area contributed by atoms with Crippen LogP contribution in [0.3, 0.4) is 0 Å². The summed E-state index contributed by atoms with van der Waals surface area (Å²) in [6, 6.07) is 15.5.